The van der Waals surface area contributed by atoms with E-state index in [1.165, 1.54) is 12.1 Å². The fourth-order valence-electron chi connectivity index (χ4n) is 4.90. The van der Waals surface area contributed by atoms with Crippen molar-refractivity contribution >= 4 is 11.6 Å². The van der Waals surface area contributed by atoms with Gasteiger partial charge in [0, 0.05) is 5.69 Å². The van der Waals surface area contributed by atoms with Crippen molar-refractivity contribution in [2.24, 2.45) is 5.92 Å². The normalized spacial score (nSPS) is 17.8. The second kappa shape index (κ2) is 11.0. The number of carbonyl (C=O) groups excluding carboxylic acids is 1. The average Bonchev–Trinajstić information content (AvgIpc) is 2.93. The molecule has 1 unspecified atom stereocenters. The molecule has 37 heavy (non-hydrogen) atoms. The molecule has 3 atom stereocenters. The maximum Gasteiger partial charge on any atom is 0.233 e. The van der Waals surface area contributed by atoms with Crippen LogP contribution in [0.3, 0.4) is 0 Å². The van der Waals surface area contributed by atoms with Crippen molar-refractivity contribution in [3.05, 3.63) is 131 Å². The van der Waals surface area contributed by atoms with Gasteiger partial charge in [0.05, 0.1) is 18.1 Å². The third-order valence-electron chi connectivity index (χ3n) is 7.00. The Bertz CT molecular complexity index is 1320. The van der Waals surface area contributed by atoms with E-state index < -0.39 is 6.10 Å². The number of aryl methyl sites for hydroxylation is 1. The molecule has 1 aliphatic heterocycles. The number of halogens is 1. The lowest BCUT2D eigenvalue weighted by Gasteiger charge is -2.48. The number of amides is 1. The third kappa shape index (κ3) is 5.57. The van der Waals surface area contributed by atoms with Crippen LogP contribution in [-0.4, -0.2) is 11.0 Å². The van der Waals surface area contributed by atoms with Crippen LogP contribution in [0.2, 0.25) is 0 Å². The van der Waals surface area contributed by atoms with Crippen molar-refractivity contribution in [1.82, 2.24) is 0 Å². The van der Waals surface area contributed by atoms with E-state index in [1.807, 2.05) is 85.8 Å². The van der Waals surface area contributed by atoms with E-state index in [1.54, 1.807) is 17.0 Å². The first-order valence-corrected chi connectivity index (χ1v) is 12.6. The van der Waals surface area contributed by atoms with Crippen molar-refractivity contribution in [2.75, 3.05) is 4.90 Å². The van der Waals surface area contributed by atoms with Crippen LogP contribution in [0.5, 0.6) is 5.75 Å². The predicted molar refractivity (Wildman–Crippen MR) is 143 cm³/mol. The summed E-state index contributed by atoms with van der Waals surface area (Å²) in [5, 5.41) is 10.7. The van der Waals surface area contributed by atoms with Crippen LogP contribution in [0.25, 0.3) is 0 Å². The van der Waals surface area contributed by atoms with Crippen molar-refractivity contribution in [2.45, 2.75) is 38.5 Å². The minimum atomic E-state index is -0.636. The van der Waals surface area contributed by atoms with Gasteiger partial charge in [-0.25, -0.2) is 4.39 Å². The maximum absolute atomic E-state index is 13.6. The van der Waals surface area contributed by atoms with Crippen LogP contribution < -0.4 is 9.64 Å². The van der Waals surface area contributed by atoms with Gasteiger partial charge in [0.2, 0.25) is 5.91 Å². The summed E-state index contributed by atoms with van der Waals surface area (Å²) >= 11 is 0. The monoisotopic (exact) mass is 495 g/mol. The summed E-state index contributed by atoms with van der Waals surface area (Å²) in [6, 6.07) is 31.4. The Morgan fingerprint density at radius 1 is 0.892 bits per heavy atom. The minimum absolute atomic E-state index is 0.0166. The molecule has 5 rings (SSSR count). The Labute approximate surface area is 217 Å². The molecule has 188 valence electrons. The molecule has 4 aromatic rings. The summed E-state index contributed by atoms with van der Waals surface area (Å²) in [6.07, 6.45) is 0.385. The van der Waals surface area contributed by atoms with E-state index in [9.17, 15) is 14.3 Å². The van der Waals surface area contributed by atoms with Gasteiger partial charge in [-0.05, 0) is 72.9 Å². The number of benzene rings is 4. The fourth-order valence-corrected chi connectivity index (χ4v) is 4.90. The number of aliphatic hydroxyl groups excluding tert-OH is 1. The fraction of sp³-hybridized carbons (Fsp3) is 0.219. The third-order valence-corrected chi connectivity index (χ3v) is 7.00. The smallest absolute Gasteiger partial charge is 0.233 e. The Morgan fingerprint density at radius 3 is 2.24 bits per heavy atom. The van der Waals surface area contributed by atoms with E-state index in [0.717, 1.165) is 28.0 Å². The van der Waals surface area contributed by atoms with Gasteiger partial charge in [-0.3, -0.25) is 4.79 Å². The molecule has 0 radical (unpaired) electrons. The topological polar surface area (TPSA) is 49.8 Å². The highest BCUT2D eigenvalue weighted by molar-refractivity contribution is 6.03. The van der Waals surface area contributed by atoms with Gasteiger partial charge in [0.1, 0.15) is 18.2 Å². The van der Waals surface area contributed by atoms with Crippen LogP contribution in [-0.2, 0) is 11.4 Å². The molecule has 4 aromatic carbocycles. The van der Waals surface area contributed by atoms with Crippen LogP contribution in [0.4, 0.5) is 10.1 Å². The average molecular weight is 496 g/mol. The standard InChI is InChI=1S/C32H30FNO3/c1-22-7-9-24(10-8-22)30(35)20-19-29-31(34(32(29)36)27-15-13-26(33)14-16-27)25-11-17-28(18-12-25)37-21-23-5-3-2-4-6-23/h2-18,29-31,35H,19-21H2,1H3/t29?,30-,31+/m0/s1. The molecular weight excluding hydrogens is 465 g/mol. The first-order valence-electron chi connectivity index (χ1n) is 12.6. The predicted octanol–water partition coefficient (Wildman–Crippen LogP) is 6.93. The summed E-state index contributed by atoms with van der Waals surface area (Å²) in [5.41, 5.74) is 4.72. The maximum atomic E-state index is 13.6. The van der Waals surface area contributed by atoms with Crippen molar-refractivity contribution in [3.8, 4) is 5.75 Å². The number of aliphatic hydroxyl groups is 1. The van der Waals surface area contributed by atoms with Crippen molar-refractivity contribution in [1.29, 1.82) is 0 Å². The lowest BCUT2D eigenvalue weighted by atomic mass is 9.78. The molecule has 1 N–H and O–H groups in total. The highest BCUT2D eigenvalue weighted by Crippen LogP contribution is 2.46. The molecule has 0 bridgehead atoms. The molecular formula is C32H30FNO3. The van der Waals surface area contributed by atoms with Crippen LogP contribution in [0.15, 0.2) is 103 Å². The quantitative estimate of drug-likeness (QED) is 0.256. The zero-order valence-electron chi connectivity index (χ0n) is 20.8. The Balaban J connectivity index is 1.32. The van der Waals surface area contributed by atoms with Crippen LogP contribution >= 0.6 is 0 Å². The van der Waals surface area contributed by atoms with E-state index in [-0.39, 0.29) is 23.7 Å². The Kier molecular flexibility index (Phi) is 7.33. The van der Waals surface area contributed by atoms with Crippen molar-refractivity contribution in [3.63, 3.8) is 0 Å². The van der Waals surface area contributed by atoms with Gasteiger partial charge in [-0.1, -0.05) is 72.3 Å². The lowest BCUT2D eigenvalue weighted by Crippen LogP contribution is -2.55. The molecule has 1 aliphatic rings. The molecule has 1 heterocycles. The Morgan fingerprint density at radius 2 is 1.57 bits per heavy atom. The summed E-state index contributed by atoms with van der Waals surface area (Å²) in [6.45, 7) is 2.49. The lowest BCUT2D eigenvalue weighted by molar-refractivity contribution is -0.131. The van der Waals surface area contributed by atoms with Gasteiger partial charge in [0.25, 0.3) is 0 Å². The zero-order chi connectivity index (χ0) is 25.8. The summed E-state index contributed by atoms with van der Waals surface area (Å²) < 4.78 is 19.5. The van der Waals surface area contributed by atoms with Crippen LogP contribution in [0, 0.1) is 18.7 Å². The molecule has 0 aliphatic carbocycles. The Hall–Kier alpha value is -3.96. The summed E-state index contributed by atoms with van der Waals surface area (Å²) in [4.78, 5) is 15.0. The molecule has 4 nitrogen and oxygen atoms in total. The van der Waals surface area contributed by atoms with Gasteiger partial charge in [0.15, 0.2) is 0 Å². The highest BCUT2D eigenvalue weighted by atomic mass is 19.1. The zero-order valence-corrected chi connectivity index (χ0v) is 20.8. The van der Waals surface area contributed by atoms with E-state index in [0.29, 0.717) is 25.1 Å². The molecule has 1 saturated heterocycles. The van der Waals surface area contributed by atoms with E-state index in [2.05, 4.69) is 0 Å². The molecule has 1 amide bonds. The SMILES string of the molecule is Cc1ccc([C@@H](O)CCC2C(=O)N(c3ccc(F)cc3)[C@@H]2c2ccc(OCc3ccccc3)cc2)cc1. The number of hydrogen-bond acceptors (Lipinski definition) is 3. The number of β-lactam (4-membered cyclic amide) rings is 1. The number of hydrogen-bond donors (Lipinski definition) is 1. The van der Waals surface area contributed by atoms with E-state index in [4.69, 9.17) is 4.74 Å². The largest absolute Gasteiger partial charge is 0.489 e. The van der Waals surface area contributed by atoms with Crippen molar-refractivity contribution < 1.29 is 19.0 Å². The molecule has 0 spiro atoms. The minimum Gasteiger partial charge on any atom is -0.489 e. The summed E-state index contributed by atoms with van der Waals surface area (Å²) in [7, 11) is 0. The van der Waals surface area contributed by atoms with Gasteiger partial charge in [-0.2, -0.15) is 0 Å². The van der Waals surface area contributed by atoms with Gasteiger partial charge in [-0.15, -0.1) is 0 Å². The molecule has 0 aromatic heterocycles. The molecule has 1 fully saturated rings. The number of nitrogens with zero attached hydrogens (tertiary/aromatic N) is 1. The van der Waals surface area contributed by atoms with E-state index >= 15 is 0 Å². The number of anilines is 1. The van der Waals surface area contributed by atoms with Gasteiger partial charge >= 0.3 is 0 Å². The first kappa shape index (κ1) is 24.7. The molecule has 5 heteroatoms. The highest BCUT2D eigenvalue weighted by Gasteiger charge is 2.48. The number of carbonyl (C=O) groups is 1. The van der Waals surface area contributed by atoms with Crippen LogP contribution in [0.1, 0.15) is 47.2 Å². The molecule has 0 saturated carbocycles. The van der Waals surface area contributed by atoms with Gasteiger partial charge < -0.3 is 14.7 Å². The number of rotatable bonds is 9. The first-order chi connectivity index (χ1) is 18.0. The summed E-state index contributed by atoms with van der Waals surface area (Å²) in [5.74, 6) is 0.113. The second-order valence-corrected chi connectivity index (χ2v) is 9.58. The second-order valence-electron chi connectivity index (χ2n) is 9.58. The number of ether oxygens (including phenoxy) is 1.